The molecule has 17 heavy (non-hydrogen) atoms. The van der Waals surface area contributed by atoms with Crippen LogP contribution in [-0.4, -0.2) is 10.5 Å². The summed E-state index contributed by atoms with van der Waals surface area (Å²) < 4.78 is 1.14. The Morgan fingerprint density at radius 3 is 2.71 bits per heavy atom. The van der Waals surface area contributed by atoms with Crippen LogP contribution in [0, 0.1) is 0 Å². The fraction of sp³-hybridized carbons (Fsp3) is 0.462. The lowest BCUT2D eigenvalue weighted by atomic mass is 9.95. The second-order valence-corrected chi connectivity index (χ2v) is 5.51. The van der Waals surface area contributed by atoms with Gasteiger partial charge in [0.1, 0.15) is 5.52 Å². The minimum Gasteiger partial charge on any atom is -0.395 e. The fourth-order valence-electron chi connectivity index (χ4n) is 1.81. The molecule has 0 aliphatic carbocycles. The average molecular weight is 249 g/mol. The van der Waals surface area contributed by atoms with Crippen LogP contribution in [0.25, 0.3) is 10.2 Å². The van der Waals surface area contributed by atoms with E-state index in [0.29, 0.717) is 0 Å². The van der Waals surface area contributed by atoms with Crippen LogP contribution in [0.4, 0.5) is 11.4 Å². The molecule has 0 fully saturated rings. The summed E-state index contributed by atoms with van der Waals surface area (Å²) in [6.07, 6.45) is 2.14. The van der Waals surface area contributed by atoms with Crippen LogP contribution in [0.1, 0.15) is 33.6 Å². The maximum atomic E-state index is 6.16. The van der Waals surface area contributed by atoms with Gasteiger partial charge in [0.2, 0.25) is 0 Å². The van der Waals surface area contributed by atoms with Gasteiger partial charge in [-0.05, 0) is 31.9 Å². The Balaban J connectivity index is 2.39. The minimum atomic E-state index is 0.0951. The Labute approximate surface area is 106 Å². The summed E-state index contributed by atoms with van der Waals surface area (Å²) in [5.41, 5.74) is 10.8. The molecule has 92 valence electrons. The third-order valence-electron chi connectivity index (χ3n) is 3.54. The van der Waals surface area contributed by atoms with E-state index in [4.69, 9.17) is 5.73 Å². The van der Waals surface area contributed by atoms with Crippen molar-refractivity contribution in [2.75, 3.05) is 11.1 Å². The molecule has 0 saturated carbocycles. The zero-order chi connectivity index (χ0) is 12.5. The Bertz CT molecular complexity index is 514. The van der Waals surface area contributed by atoms with Crippen LogP contribution in [0.15, 0.2) is 17.6 Å². The largest absolute Gasteiger partial charge is 0.395 e. The van der Waals surface area contributed by atoms with Crippen LogP contribution in [0.5, 0.6) is 0 Å². The molecule has 3 nitrogen and oxygen atoms in total. The van der Waals surface area contributed by atoms with E-state index in [9.17, 15) is 0 Å². The molecule has 0 atom stereocenters. The van der Waals surface area contributed by atoms with Gasteiger partial charge >= 0.3 is 0 Å². The molecular formula is C13H19N3S. The van der Waals surface area contributed by atoms with E-state index in [-0.39, 0.29) is 5.54 Å². The van der Waals surface area contributed by atoms with Gasteiger partial charge in [0.05, 0.1) is 21.6 Å². The van der Waals surface area contributed by atoms with Gasteiger partial charge in [0.25, 0.3) is 0 Å². The molecule has 0 radical (unpaired) electrons. The number of rotatable bonds is 4. The zero-order valence-electron chi connectivity index (χ0n) is 10.6. The highest BCUT2D eigenvalue weighted by Gasteiger charge is 2.20. The molecule has 2 aromatic rings. The molecule has 0 unspecified atom stereocenters. The average Bonchev–Trinajstić information content (AvgIpc) is 2.82. The lowest BCUT2D eigenvalue weighted by molar-refractivity contribution is 0.479. The van der Waals surface area contributed by atoms with Crippen LogP contribution in [-0.2, 0) is 0 Å². The second kappa shape index (κ2) is 4.53. The normalized spacial score (nSPS) is 11.9. The Morgan fingerprint density at radius 2 is 2.06 bits per heavy atom. The number of anilines is 2. The summed E-state index contributed by atoms with van der Waals surface area (Å²) >= 11 is 1.62. The van der Waals surface area contributed by atoms with E-state index in [1.54, 1.807) is 11.3 Å². The van der Waals surface area contributed by atoms with Crippen LogP contribution < -0.4 is 11.1 Å². The fourth-order valence-corrected chi connectivity index (χ4v) is 2.51. The molecule has 1 aromatic carbocycles. The summed E-state index contributed by atoms with van der Waals surface area (Å²) in [7, 11) is 0. The van der Waals surface area contributed by atoms with Crippen molar-refractivity contribution < 1.29 is 0 Å². The van der Waals surface area contributed by atoms with E-state index in [1.165, 1.54) is 0 Å². The number of nitrogens with zero attached hydrogens (tertiary/aromatic N) is 1. The van der Waals surface area contributed by atoms with Crippen LogP contribution >= 0.6 is 11.3 Å². The monoisotopic (exact) mass is 249 g/mol. The summed E-state index contributed by atoms with van der Waals surface area (Å²) in [4.78, 5) is 4.31. The third kappa shape index (κ3) is 2.22. The van der Waals surface area contributed by atoms with E-state index in [0.717, 1.165) is 34.4 Å². The highest BCUT2D eigenvalue weighted by Crippen LogP contribution is 2.32. The van der Waals surface area contributed by atoms with E-state index < -0.39 is 0 Å². The SMILES string of the molecule is CCC(C)(CC)Nc1ccc2scnc2c1N. The molecule has 3 N–H and O–H groups in total. The van der Waals surface area contributed by atoms with E-state index >= 15 is 0 Å². The second-order valence-electron chi connectivity index (χ2n) is 4.62. The lowest BCUT2D eigenvalue weighted by Gasteiger charge is -2.30. The first-order valence-corrected chi connectivity index (χ1v) is 6.87. The van der Waals surface area contributed by atoms with Gasteiger partial charge in [-0.25, -0.2) is 4.98 Å². The number of hydrogen-bond acceptors (Lipinski definition) is 4. The predicted molar refractivity (Wildman–Crippen MR) is 76.6 cm³/mol. The van der Waals surface area contributed by atoms with Crippen molar-refractivity contribution in [2.45, 2.75) is 39.2 Å². The summed E-state index contributed by atoms with van der Waals surface area (Å²) in [5, 5.41) is 3.54. The van der Waals surface area contributed by atoms with Crippen molar-refractivity contribution in [1.82, 2.24) is 4.98 Å². The standard InChI is InChI=1S/C13H19N3S/c1-4-13(3,5-2)16-9-6-7-10-12(11(9)14)15-8-17-10/h6-8,16H,4-5,14H2,1-3H3. The first kappa shape index (κ1) is 12.2. The molecule has 0 aliphatic heterocycles. The number of fused-ring (bicyclic) bond motifs is 1. The van der Waals surface area contributed by atoms with E-state index in [2.05, 4.69) is 43.2 Å². The molecule has 0 bridgehead atoms. The van der Waals surface area contributed by atoms with Gasteiger partial charge in [0.15, 0.2) is 0 Å². The van der Waals surface area contributed by atoms with E-state index in [1.807, 2.05) is 5.51 Å². The van der Waals surface area contributed by atoms with Crippen molar-refractivity contribution in [1.29, 1.82) is 0 Å². The smallest absolute Gasteiger partial charge is 0.106 e. The van der Waals surface area contributed by atoms with Gasteiger partial charge in [-0.1, -0.05) is 13.8 Å². The maximum absolute atomic E-state index is 6.16. The number of hydrogen-bond donors (Lipinski definition) is 2. The van der Waals surface area contributed by atoms with Gasteiger partial charge in [-0.3, -0.25) is 0 Å². The first-order valence-electron chi connectivity index (χ1n) is 5.99. The topological polar surface area (TPSA) is 50.9 Å². The Morgan fingerprint density at radius 1 is 1.35 bits per heavy atom. The molecule has 1 aromatic heterocycles. The third-order valence-corrected chi connectivity index (χ3v) is 4.33. The van der Waals surface area contributed by atoms with Gasteiger partial charge in [-0.15, -0.1) is 11.3 Å². The molecule has 4 heteroatoms. The minimum absolute atomic E-state index is 0.0951. The number of nitrogens with two attached hydrogens (primary N) is 1. The molecular weight excluding hydrogens is 230 g/mol. The van der Waals surface area contributed by atoms with Crippen LogP contribution in [0.2, 0.25) is 0 Å². The lowest BCUT2D eigenvalue weighted by Crippen LogP contribution is -2.33. The zero-order valence-corrected chi connectivity index (χ0v) is 11.4. The molecule has 1 heterocycles. The summed E-state index contributed by atoms with van der Waals surface area (Å²) in [6.45, 7) is 6.60. The van der Waals surface area contributed by atoms with Crippen molar-refractivity contribution in [2.24, 2.45) is 0 Å². The predicted octanol–water partition coefficient (Wildman–Crippen LogP) is 3.87. The molecule has 2 rings (SSSR count). The molecule has 0 aliphatic rings. The van der Waals surface area contributed by atoms with Crippen LogP contribution in [0.3, 0.4) is 0 Å². The first-order chi connectivity index (χ1) is 8.09. The molecule has 0 spiro atoms. The van der Waals surface area contributed by atoms with Crippen molar-refractivity contribution in [3.8, 4) is 0 Å². The highest BCUT2D eigenvalue weighted by atomic mass is 32.1. The highest BCUT2D eigenvalue weighted by molar-refractivity contribution is 7.16. The van der Waals surface area contributed by atoms with Gasteiger partial charge in [0, 0.05) is 5.54 Å². The Kier molecular flexibility index (Phi) is 3.24. The van der Waals surface area contributed by atoms with Gasteiger partial charge < -0.3 is 11.1 Å². The van der Waals surface area contributed by atoms with Crippen molar-refractivity contribution in [3.63, 3.8) is 0 Å². The number of aromatic nitrogens is 1. The van der Waals surface area contributed by atoms with Gasteiger partial charge in [-0.2, -0.15) is 0 Å². The van der Waals surface area contributed by atoms with Crippen molar-refractivity contribution >= 4 is 32.9 Å². The van der Waals surface area contributed by atoms with Crippen molar-refractivity contribution in [3.05, 3.63) is 17.6 Å². The number of nitrogen functional groups attached to an aromatic ring is 1. The number of nitrogens with one attached hydrogen (secondary N) is 1. The Hall–Kier alpha value is -1.29. The maximum Gasteiger partial charge on any atom is 0.106 e. The summed E-state index contributed by atoms with van der Waals surface area (Å²) in [5.74, 6) is 0. The summed E-state index contributed by atoms with van der Waals surface area (Å²) in [6, 6.07) is 4.14. The number of thiazole rings is 1. The molecule has 0 saturated heterocycles. The molecule has 0 amide bonds. The number of benzene rings is 1. The quantitative estimate of drug-likeness (QED) is 0.809.